The molecule has 0 fully saturated rings. The van der Waals surface area contributed by atoms with Crippen LogP contribution in [0.2, 0.25) is 0 Å². The summed E-state index contributed by atoms with van der Waals surface area (Å²) in [6, 6.07) is 15.3. The van der Waals surface area contributed by atoms with E-state index in [0.29, 0.717) is 12.1 Å². The molecule has 0 saturated carbocycles. The van der Waals surface area contributed by atoms with Crippen molar-refractivity contribution in [2.24, 2.45) is 5.73 Å². The molecule has 0 aliphatic carbocycles. The number of nitrogens with zero attached hydrogens (tertiary/aromatic N) is 1. The molecule has 0 aliphatic heterocycles. The number of nitrogens with two attached hydrogens (primary N) is 1. The predicted molar refractivity (Wildman–Crippen MR) is 85.6 cm³/mol. The molecule has 0 aromatic heterocycles. The molecule has 2 atom stereocenters. The number of likely N-dealkylation sites (N-methyl/N-ethyl adjacent to an activating group) is 1. The predicted octanol–water partition coefficient (Wildman–Crippen LogP) is 3.83. The van der Waals surface area contributed by atoms with Gasteiger partial charge in [-0.3, -0.25) is 4.90 Å². The van der Waals surface area contributed by atoms with Crippen molar-refractivity contribution in [1.82, 2.24) is 4.90 Å². The van der Waals surface area contributed by atoms with Gasteiger partial charge in [0.05, 0.1) is 0 Å². The van der Waals surface area contributed by atoms with Crippen molar-refractivity contribution in [1.29, 1.82) is 0 Å². The van der Waals surface area contributed by atoms with Crippen LogP contribution >= 0.6 is 0 Å². The Labute approximate surface area is 126 Å². The van der Waals surface area contributed by atoms with Gasteiger partial charge in [-0.25, -0.2) is 4.39 Å². The lowest BCUT2D eigenvalue weighted by atomic mass is 9.99. The molecule has 0 radical (unpaired) electrons. The average molecular weight is 286 g/mol. The highest BCUT2D eigenvalue weighted by Crippen LogP contribution is 2.29. The molecule has 21 heavy (non-hydrogen) atoms. The van der Waals surface area contributed by atoms with Crippen LogP contribution in [0.5, 0.6) is 0 Å². The SMILES string of the molecule is Cc1cccc(C(CN)N(C)C(C)c2ccccc2F)c1. The standard InChI is InChI=1S/C18H23FN2/c1-13-7-6-8-15(11-13)18(12-20)21(3)14(2)16-9-4-5-10-17(16)19/h4-11,14,18H,12,20H2,1-3H3. The summed E-state index contributed by atoms with van der Waals surface area (Å²) in [6.45, 7) is 4.58. The summed E-state index contributed by atoms with van der Waals surface area (Å²) in [7, 11) is 2.00. The molecule has 2 unspecified atom stereocenters. The zero-order valence-corrected chi connectivity index (χ0v) is 12.9. The first-order valence-corrected chi connectivity index (χ1v) is 7.27. The van der Waals surface area contributed by atoms with Gasteiger partial charge in [0, 0.05) is 24.2 Å². The van der Waals surface area contributed by atoms with Gasteiger partial charge in [0.15, 0.2) is 0 Å². The van der Waals surface area contributed by atoms with Crippen LogP contribution in [0, 0.1) is 12.7 Å². The van der Waals surface area contributed by atoms with E-state index >= 15 is 0 Å². The summed E-state index contributed by atoms with van der Waals surface area (Å²) in [6.07, 6.45) is 0. The third kappa shape index (κ3) is 3.49. The topological polar surface area (TPSA) is 29.3 Å². The van der Waals surface area contributed by atoms with Crippen molar-refractivity contribution in [3.8, 4) is 0 Å². The first kappa shape index (κ1) is 15.7. The molecule has 0 bridgehead atoms. The van der Waals surface area contributed by atoms with E-state index in [0.717, 1.165) is 0 Å². The Kier molecular flexibility index (Phi) is 5.10. The normalized spacial score (nSPS) is 14.2. The maximum Gasteiger partial charge on any atom is 0.127 e. The Morgan fingerprint density at radius 2 is 1.86 bits per heavy atom. The molecule has 3 heteroatoms. The summed E-state index contributed by atoms with van der Waals surface area (Å²) in [5.74, 6) is -0.170. The van der Waals surface area contributed by atoms with Crippen LogP contribution in [-0.4, -0.2) is 18.5 Å². The van der Waals surface area contributed by atoms with Crippen LogP contribution in [0.25, 0.3) is 0 Å². The molecule has 0 spiro atoms. The van der Waals surface area contributed by atoms with Crippen LogP contribution < -0.4 is 5.73 Å². The van der Waals surface area contributed by atoms with E-state index in [4.69, 9.17) is 5.73 Å². The largest absolute Gasteiger partial charge is 0.329 e. The number of benzene rings is 2. The molecule has 2 N–H and O–H groups in total. The van der Waals surface area contributed by atoms with Gasteiger partial charge >= 0.3 is 0 Å². The number of rotatable bonds is 5. The summed E-state index contributed by atoms with van der Waals surface area (Å²) in [4.78, 5) is 2.13. The van der Waals surface area contributed by atoms with Crippen molar-refractivity contribution < 1.29 is 4.39 Å². The van der Waals surface area contributed by atoms with Gasteiger partial charge in [0.1, 0.15) is 5.82 Å². The fourth-order valence-corrected chi connectivity index (χ4v) is 2.72. The van der Waals surface area contributed by atoms with E-state index in [1.807, 2.05) is 32.2 Å². The maximum atomic E-state index is 14.0. The third-order valence-corrected chi connectivity index (χ3v) is 4.11. The second-order valence-electron chi connectivity index (χ2n) is 5.53. The van der Waals surface area contributed by atoms with E-state index in [-0.39, 0.29) is 17.9 Å². The van der Waals surface area contributed by atoms with E-state index < -0.39 is 0 Å². The first-order valence-electron chi connectivity index (χ1n) is 7.27. The van der Waals surface area contributed by atoms with Crippen molar-refractivity contribution in [3.63, 3.8) is 0 Å². The molecule has 112 valence electrons. The highest BCUT2D eigenvalue weighted by molar-refractivity contribution is 5.27. The Morgan fingerprint density at radius 1 is 1.14 bits per heavy atom. The zero-order chi connectivity index (χ0) is 15.4. The minimum atomic E-state index is -0.170. The molecule has 2 rings (SSSR count). The second kappa shape index (κ2) is 6.83. The minimum absolute atomic E-state index is 0.0414. The van der Waals surface area contributed by atoms with Crippen LogP contribution in [-0.2, 0) is 0 Å². The lowest BCUT2D eigenvalue weighted by Gasteiger charge is -2.33. The fraction of sp³-hybridized carbons (Fsp3) is 0.333. The summed E-state index contributed by atoms with van der Waals surface area (Å²) < 4.78 is 14.0. The molecule has 0 saturated heterocycles. The maximum absolute atomic E-state index is 14.0. The third-order valence-electron chi connectivity index (χ3n) is 4.11. The van der Waals surface area contributed by atoms with Gasteiger partial charge < -0.3 is 5.73 Å². The smallest absolute Gasteiger partial charge is 0.127 e. The molecular weight excluding hydrogens is 263 g/mol. The second-order valence-corrected chi connectivity index (χ2v) is 5.53. The monoisotopic (exact) mass is 286 g/mol. The first-order chi connectivity index (χ1) is 10.0. The number of hydrogen-bond acceptors (Lipinski definition) is 2. The average Bonchev–Trinajstić information content (AvgIpc) is 2.48. The Hall–Kier alpha value is -1.71. The van der Waals surface area contributed by atoms with Gasteiger partial charge in [-0.05, 0) is 32.5 Å². The quantitative estimate of drug-likeness (QED) is 0.905. The van der Waals surface area contributed by atoms with Crippen molar-refractivity contribution >= 4 is 0 Å². The minimum Gasteiger partial charge on any atom is -0.329 e. The van der Waals surface area contributed by atoms with E-state index in [1.54, 1.807) is 6.07 Å². The molecule has 0 amide bonds. The van der Waals surface area contributed by atoms with Gasteiger partial charge in [0.25, 0.3) is 0 Å². The summed E-state index contributed by atoms with van der Waals surface area (Å²) >= 11 is 0. The molecule has 0 heterocycles. The molecule has 2 nitrogen and oxygen atoms in total. The lowest BCUT2D eigenvalue weighted by molar-refractivity contribution is 0.187. The number of halogens is 1. The number of hydrogen-bond donors (Lipinski definition) is 1. The molecule has 2 aromatic carbocycles. The van der Waals surface area contributed by atoms with Crippen molar-refractivity contribution in [2.75, 3.05) is 13.6 Å². The Balaban J connectivity index is 2.28. The van der Waals surface area contributed by atoms with Crippen LogP contribution in [0.4, 0.5) is 4.39 Å². The van der Waals surface area contributed by atoms with Gasteiger partial charge in [-0.15, -0.1) is 0 Å². The van der Waals surface area contributed by atoms with Crippen molar-refractivity contribution in [2.45, 2.75) is 25.9 Å². The summed E-state index contributed by atoms with van der Waals surface area (Å²) in [5, 5.41) is 0. The highest BCUT2D eigenvalue weighted by atomic mass is 19.1. The van der Waals surface area contributed by atoms with E-state index in [1.165, 1.54) is 17.2 Å². The van der Waals surface area contributed by atoms with Gasteiger partial charge in [-0.2, -0.15) is 0 Å². The zero-order valence-electron chi connectivity index (χ0n) is 12.9. The number of aryl methyl sites for hydroxylation is 1. The van der Waals surface area contributed by atoms with Crippen LogP contribution in [0.15, 0.2) is 48.5 Å². The lowest BCUT2D eigenvalue weighted by Crippen LogP contribution is -2.33. The Morgan fingerprint density at radius 3 is 2.48 bits per heavy atom. The summed E-state index contributed by atoms with van der Waals surface area (Å²) in [5.41, 5.74) is 9.05. The highest BCUT2D eigenvalue weighted by Gasteiger charge is 2.23. The van der Waals surface area contributed by atoms with Crippen LogP contribution in [0.1, 0.15) is 35.7 Å². The Bertz CT molecular complexity index is 597. The van der Waals surface area contributed by atoms with E-state index in [2.05, 4.69) is 30.0 Å². The van der Waals surface area contributed by atoms with E-state index in [9.17, 15) is 4.39 Å². The van der Waals surface area contributed by atoms with Gasteiger partial charge in [0.2, 0.25) is 0 Å². The molecular formula is C18H23FN2. The van der Waals surface area contributed by atoms with Gasteiger partial charge in [-0.1, -0.05) is 48.0 Å². The van der Waals surface area contributed by atoms with Crippen LogP contribution in [0.3, 0.4) is 0 Å². The fourth-order valence-electron chi connectivity index (χ4n) is 2.72. The molecule has 0 aliphatic rings. The molecule has 2 aromatic rings. The van der Waals surface area contributed by atoms with Crippen molar-refractivity contribution in [3.05, 3.63) is 71.0 Å².